The normalized spacial score (nSPS) is 16.9. The van der Waals surface area contributed by atoms with Crippen molar-refractivity contribution in [3.05, 3.63) is 42.5 Å². The van der Waals surface area contributed by atoms with Gasteiger partial charge in [0.05, 0.1) is 22.4 Å². The minimum absolute atomic E-state index is 0.0347. The number of hydrogen-bond donors (Lipinski definition) is 2. The van der Waals surface area contributed by atoms with Crippen LogP contribution in [0.3, 0.4) is 0 Å². The third kappa shape index (κ3) is 5.37. The zero-order valence-electron chi connectivity index (χ0n) is 19.7. The van der Waals surface area contributed by atoms with E-state index in [1.807, 2.05) is 42.5 Å². The van der Waals surface area contributed by atoms with Crippen molar-refractivity contribution in [3.8, 4) is 0 Å². The van der Waals surface area contributed by atoms with E-state index >= 15 is 0 Å². The Kier molecular flexibility index (Phi) is 7.02. The van der Waals surface area contributed by atoms with E-state index in [0.29, 0.717) is 24.2 Å². The van der Waals surface area contributed by atoms with Crippen molar-refractivity contribution in [1.29, 1.82) is 0 Å². The van der Waals surface area contributed by atoms with Crippen LogP contribution in [0.25, 0.3) is 21.8 Å². The van der Waals surface area contributed by atoms with Gasteiger partial charge in [-0.15, -0.1) is 0 Å². The summed E-state index contributed by atoms with van der Waals surface area (Å²) < 4.78 is 0. The van der Waals surface area contributed by atoms with Crippen LogP contribution >= 0.6 is 0 Å². The van der Waals surface area contributed by atoms with Gasteiger partial charge in [0.2, 0.25) is 11.8 Å². The summed E-state index contributed by atoms with van der Waals surface area (Å²) in [4.78, 5) is 35.2. The van der Waals surface area contributed by atoms with Crippen molar-refractivity contribution in [2.75, 3.05) is 49.9 Å². The topological polar surface area (TPSA) is 77.6 Å². The number of para-hydroxylation sites is 1. The number of amides is 2. The van der Waals surface area contributed by atoms with E-state index in [4.69, 9.17) is 4.98 Å². The molecule has 7 nitrogen and oxygen atoms in total. The number of hydrogen-bond acceptors (Lipinski definition) is 5. The molecule has 0 atom stereocenters. The Hall–Kier alpha value is -3.03. The van der Waals surface area contributed by atoms with Crippen LogP contribution in [-0.2, 0) is 9.59 Å². The average Bonchev–Trinajstić information content (AvgIpc) is 3.56. The molecule has 1 aromatic heterocycles. The number of carbonyl (C=O) groups is 2. The lowest BCUT2D eigenvalue weighted by molar-refractivity contribution is -0.117. The molecular formula is C27H33N5O2. The van der Waals surface area contributed by atoms with Gasteiger partial charge in [0.1, 0.15) is 0 Å². The third-order valence-corrected chi connectivity index (χ3v) is 6.95. The van der Waals surface area contributed by atoms with E-state index in [2.05, 4.69) is 20.4 Å². The van der Waals surface area contributed by atoms with Gasteiger partial charge in [-0.25, -0.2) is 4.98 Å². The lowest BCUT2D eigenvalue weighted by Crippen LogP contribution is -2.26. The van der Waals surface area contributed by atoms with Crippen molar-refractivity contribution in [3.63, 3.8) is 0 Å². The smallest absolute Gasteiger partial charge is 0.225 e. The molecule has 2 aliphatic rings. The van der Waals surface area contributed by atoms with Crippen LogP contribution < -0.4 is 10.6 Å². The fourth-order valence-electron chi connectivity index (χ4n) is 5.03. The van der Waals surface area contributed by atoms with Gasteiger partial charge in [-0.05, 0) is 76.1 Å². The van der Waals surface area contributed by atoms with Crippen molar-refractivity contribution in [2.24, 2.45) is 0 Å². The first-order chi connectivity index (χ1) is 16.7. The lowest BCUT2D eigenvalue weighted by Gasteiger charge is -2.18. The van der Waals surface area contributed by atoms with Gasteiger partial charge < -0.3 is 20.4 Å². The maximum absolute atomic E-state index is 12.9. The standard InChI is InChI=1S/C27H33N5O2/c33-25(11-17-31-13-3-4-14-31)29-24-10-9-23-21(19-20-7-1-2-8-22(20)28-23)27(24)30-26(34)12-18-32-15-5-6-16-32/h1-2,7-10,19H,3-6,11-18H2,(H,29,33)(H,30,34). The fraction of sp³-hybridized carbons (Fsp3) is 0.444. The molecule has 0 spiro atoms. The van der Waals surface area contributed by atoms with Crippen molar-refractivity contribution >= 4 is 45.0 Å². The molecule has 7 heteroatoms. The zero-order valence-corrected chi connectivity index (χ0v) is 19.7. The van der Waals surface area contributed by atoms with Crippen LogP contribution in [0.15, 0.2) is 42.5 Å². The highest BCUT2D eigenvalue weighted by molar-refractivity contribution is 6.11. The van der Waals surface area contributed by atoms with E-state index in [-0.39, 0.29) is 11.8 Å². The molecule has 5 rings (SSSR count). The minimum Gasteiger partial charge on any atom is -0.324 e. The molecule has 2 fully saturated rings. The van der Waals surface area contributed by atoms with E-state index in [1.165, 1.54) is 25.7 Å². The molecule has 3 aromatic rings. The van der Waals surface area contributed by atoms with E-state index in [0.717, 1.165) is 61.1 Å². The molecular weight excluding hydrogens is 426 g/mol. The molecule has 3 heterocycles. The van der Waals surface area contributed by atoms with Crippen LogP contribution in [0.2, 0.25) is 0 Å². The number of pyridine rings is 1. The van der Waals surface area contributed by atoms with Crippen LogP contribution in [0.4, 0.5) is 11.4 Å². The van der Waals surface area contributed by atoms with Crippen molar-refractivity contribution in [1.82, 2.24) is 14.8 Å². The largest absolute Gasteiger partial charge is 0.324 e. The summed E-state index contributed by atoms with van der Waals surface area (Å²) in [6.45, 7) is 5.80. The summed E-state index contributed by atoms with van der Waals surface area (Å²) in [5.74, 6) is -0.0762. The number of nitrogens with one attached hydrogen (secondary N) is 2. The van der Waals surface area contributed by atoms with Gasteiger partial charge in [-0.2, -0.15) is 0 Å². The van der Waals surface area contributed by atoms with Gasteiger partial charge in [0.25, 0.3) is 0 Å². The summed E-state index contributed by atoms with van der Waals surface area (Å²) in [7, 11) is 0. The van der Waals surface area contributed by atoms with E-state index in [1.54, 1.807) is 0 Å². The van der Waals surface area contributed by atoms with Gasteiger partial charge in [-0.1, -0.05) is 18.2 Å². The molecule has 2 N–H and O–H groups in total. The number of rotatable bonds is 8. The van der Waals surface area contributed by atoms with Crippen LogP contribution in [-0.4, -0.2) is 65.9 Å². The SMILES string of the molecule is O=C(CCN1CCCC1)Nc1ccc2nc3ccccc3cc2c1NC(=O)CCN1CCCC1. The Morgan fingerprint density at radius 1 is 0.765 bits per heavy atom. The average molecular weight is 460 g/mol. The molecule has 0 bridgehead atoms. The predicted octanol–water partition coefficient (Wildman–Crippen LogP) is 4.24. The summed E-state index contributed by atoms with van der Waals surface area (Å²) in [6, 6.07) is 13.8. The first kappa shape index (κ1) is 22.7. The molecule has 0 aliphatic carbocycles. The number of anilines is 2. The Balaban J connectivity index is 1.39. The second kappa shape index (κ2) is 10.5. The first-order valence-corrected chi connectivity index (χ1v) is 12.5. The first-order valence-electron chi connectivity index (χ1n) is 12.5. The second-order valence-electron chi connectivity index (χ2n) is 9.43. The lowest BCUT2D eigenvalue weighted by atomic mass is 10.1. The summed E-state index contributed by atoms with van der Waals surface area (Å²) in [5.41, 5.74) is 2.97. The van der Waals surface area contributed by atoms with Gasteiger partial charge in [0.15, 0.2) is 0 Å². The number of benzene rings is 2. The zero-order chi connectivity index (χ0) is 23.3. The molecule has 2 amide bonds. The van der Waals surface area contributed by atoms with E-state index in [9.17, 15) is 9.59 Å². The molecule has 2 aliphatic heterocycles. The van der Waals surface area contributed by atoms with Crippen molar-refractivity contribution in [2.45, 2.75) is 38.5 Å². The maximum Gasteiger partial charge on any atom is 0.225 e. The third-order valence-electron chi connectivity index (χ3n) is 6.95. The van der Waals surface area contributed by atoms with Gasteiger partial charge >= 0.3 is 0 Å². The molecule has 2 aromatic carbocycles. The quantitative estimate of drug-likeness (QED) is 0.493. The highest BCUT2D eigenvalue weighted by Gasteiger charge is 2.18. The molecule has 0 unspecified atom stereocenters. The number of fused-ring (bicyclic) bond motifs is 2. The maximum atomic E-state index is 12.9. The number of nitrogens with zero attached hydrogens (tertiary/aromatic N) is 3. The van der Waals surface area contributed by atoms with Crippen molar-refractivity contribution < 1.29 is 9.59 Å². The number of likely N-dealkylation sites (tertiary alicyclic amines) is 2. The molecule has 178 valence electrons. The van der Waals surface area contributed by atoms with Gasteiger partial charge in [-0.3, -0.25) is 9.59 Å². The number of carbonyl (C=O) groups excluding carboxylic acids is 2. The highest BCUT2D eigenvalue weighted by atomic mass is 16.2. The summed E-state index contributed by atoms with van der Waals surface area (Å²) in [5, 5.41) is 8.01. The summed E-state index contributed by atoms with van der Waals surface area (Å²) in [6.07, 6.45) is 5.70. The Morgan fingerprint density at radius 2 is 1.38 bits per heavy atom. The molecule has 0 radical (unpaired) electrons. The highest BCUT2D eigenvalue weighted by Crippen LogP contribution is 2.33. The molecule has 34 heavy (non-hydrogen) atoms. The van der Waals surface area contributed by atoms with Gasteiger partial charge in [0, 0.05) is 36.7 Å². The second-order valence-corrected chi connectivity index (χ2v) is 9.43. The van der Waals surface area contributed by atoms with Crippen LogP contribution in [0, 0.1) is 0 Å². The predicted molar refractivity (Wildman–Crippen MR) is 137 cm³/mol. The Labute approximate surface area is 200 Å². The van der Waals surface area contributed by atoms with Crippen LogP contribution in [0.1, 0.15) is 38.5 Å². The Morgan fingerprint density at radius 3 is 2.06 bits per heavy atom. The minimum atomic E-state index is -0.0416. The Bertz CT molecular complexity index is 1180. The molecule has 2 saturated heterocycles. The van der Waals surface area contributed by atoms with E-state index < -0.39 is 0 Å². The number of aromatic nitrogens is 1. The molecule has 0 saturated carbocycles. The fourth-order valence-corrected chi connectivity index (χ4v) is 5.03. The van der Waals surface area contributed by atoms with Crippen LogP contribution in [0.5, 0.6) is 0 Å². The monoisotopic (exact) mass is 459 g/mol. The summed E-state index contributed by atoms with van der Waals surface area (Å²) >= 11 is 0.